The first-order valence-corrected chi connectivity index (χ1v) is 11.2. The summed E-state index contributed by atoms with van der Waals surface area (Å²) in [6.45, 7) is 1.03. The molecule has 1 aliphatic heterocycles. The van der Waals surface area contributed by atoms with Gasteiger partial charge < -0.3 is 14.5 Å². The van der Waals surface area contributed by atoms with Crippen molar-refractivity contribution in [3.8, 4) is 5.75 Å². The molecule has 1 heterocycles. The lowest BCUT2D eigenvalue weighted by molar-refractivity contribution is 0.0535. The van der Waals surface area contributed by atoms with Crippen molar-refractivity contribution in [2.45, 2.75) is 4.90 Å². The molecule has 1 fully saturated rings. The maximum absolute atomic E-state index is 13.2. The highest BCUT2D eigenvalue weighted by atomic mass is 35.5. The van der Waals surface area contributed by atoms with Gasteiger partial charge in [0.15, 0.2) is 0 Å². The standard InChI is InChI=1S/C20H21ClFN3O5S/c1-23-31(28,29)18-11-13(3-6-17(18)30-2)19(26)24-7-9-25(10-8-24)20(27)15-5-4-14(22)12-16(15)21/h3-6,11-12,23H,7-10H2,1-2H3. The lowest BCUT2D eigenvalue weighted by Crippen LogP contribution is -2.50. The molecule has 2 aromatic rings. The topological polar surface area (TPSA) is 96.0 Å². The number of nitrogens with one attached hydrogen (secondary N) is 1. The van der Waals surface area contributed by atoms with Crippen LogP contribution in [-0.4, -0.2) is 70.4 Å². The molecule has 0 aliphatic carbocycles. The summed E-state index contributed by atoms with van der Waals surface area (Å²) in [4.78, 5) is 28.5. The van der Waals surface area contributed by atoms with Gasteiger partial charge in [-0.25, -0.2) is 17.5 Å². The Morgan fingerprint density at radius 3 is 2.19 bits per heavy atom. The Labute approximate surface area is 184 Å². The number of carbonyl (C=O) groups is 2. The number of hydrogen-bond acceptors (Lipinski definition) is 5. The minimum absolute atomic E-state index is 0.0278. The van der Waals surface area contributed by atoms with Gasteiger partial charge in [-0.15, -0.1) is 0 Å². The Morgan fingerprint density at radius 1 is 1.03 bits per heavy atom. The quantitative estimate of drug-likeness (QED) is 0.722. The molecule has 11 heteroatoms. The molecule has 0 unspecified atom stereocenters. The summed E-state index contributed by atoms with van der Waals surface area (Å²) in [5.41, 5.74) is 0.385. The highest BCUT2D eigenvalue weighted by Gasteiger charge is 2.28. The van der Waals surface area contributed by atoms with E-state index in [0.717, 1.165) is 6.07 Å². The smallest absolute Gasteiger partial charge is 0.255 e. The predicted molar refractivity (Wildman–Crippen MR) is 112 cm³/mol. The van der Waals surface area contributed by atoms with E-state index in [2.05, 4.69) is 4.72 Å². The van der Waals surface area contributed by atoms with Crippen LogP contribution < -0.4 is 9.46 Å². The molecular formula is C20H21ClFN3O5S. The zero-order valence-electron chi connectivity index (χ0n) is 16.9. The Morgan fingerprint density at radius 2 is 1.65 bits per heavy atom. The van der Waals surface area contributed by atoms with E-state index in [9.17, 15) is 22.4 Å². The minimum Gasteiger partial charge on any atom is -0.495 e. The van der Waals surface area contributed by atoms with Crippen LogP contribution in [0.5, 0.6) is 5.75 Å². The van der Waals surface area contributed by atoms with Crippen LogP contribution in [0.2, 0.25) is 5.02 Å². The molecule has 1 N–H and O–H groups in total. The highest BCUT2D eigenvalue weighted by Crippen LogP contribution is 2.26. The van der Waals surface area contributed by atoms with Crippen LogP contribution >= 0.6 is 11.6 Å². The maximum Gasteiger partial charge on any atom is 0.255 e. The molecule has 0 atom stereocenters. The Hall–Kier alpha value is -2.69. The first-order valence-electron chi connectivity index (χ1n) is 9.33. The van der Waals surface area contributed by atoms with E-state index in [0.29, 0.717) is 0 Å². The fourth-order valence-corrected chi connectivity index (χ4v) is 4.42. The summed E-state index contributed by atoms with van der Waals surface area (Å²) in [5.74, 6) is -1.11. The number of halogens is 2. The van der Waals surface area contributed by atoms with Crippen molar-refractivity contribution < 1.29 is 27.1 Å². The predicted octanol–water partition coefficient (Wildman–Crippen LogP) is 1.99. The van der Waals surface area contributed by atoms with Crippen LogP contribution in [0.1, 0.15) is 20.7 Å². The number of methoxy groups -OCH3 is 1. The highest BCUT2D eigenvalue weighted by molar-refractivity contribution is 7.89. The van der Waals surface area contributed by atoms with Crippen LogP contribution in [0.3, 0.4) is 0 Å². The van der Waals surface area contributed by atoms with E-state index in [1.807, 2.05) is 0 Å². The first kappa shape index (κ1) is 23.0. The molecule has 0 radical (unpaired) electrons. The molecule has 2 amide bonds. The second-order valence-corrected chi connectivity index (χ2v) is 9.04. The van der Waals surface area contributed by atoms with Crippen molar-refractivity contribution in [3.05, 3.63) is 58.4 Å². The van der Waals surface area contributed by atoms with Crippen LogP contribution in [0.15, 0.2) is 41.3 Å². The van der Waals surface area contributed by atoms with Gasteiger partial charge in [-0.05, 0) is 43.4 Å². The van der Waals surface area contributed by atoms with Gasteiger partial charge in [-0.2, -0.15) is 0 Å². The van der Waals surface area contributed by atoms with Gasteiger partial charge in [-0.1, -0.05) is 11.6 Å². The van der Waals surface area contributed by atoms with E-state index in [1.54, 1.807) is 0 Å². The minimum atomic E-state index is -3.82. The largest absolute Gasteiger partial charge is 0.495 e. The SMILES string of the molecule is CNS(=O)(=O)c1cc(C(=O)N2CCN(C(=O)c3ccc(F)cc3Cl)CC2)ccc1OC. The molecule has 0 saturated carbocycles. The molecule has 3 rings (SSSR count). The summed E-state index contributed by atoms with van der Waals surface area (Å²) in [7, 11) is -1.21. The van der Waals surface area contributed by atoms with Gasteiger partial charge >= 0.3 is 0 Å². The molecule has 1 aliphatic rings. The molecular weight excluding hydrogens is 449 g/mol. The number of nitrogens with zero attached hydrogens (tertiary/aromatic N) is 2. The van der Waals surface area contributed by atoms with Crippen LogP contribution in [-0.2, 0) is 10.0 Å². The third-order valence-electron chi connectivity index (χ3n) is 4.98. The number of piperazine rings is 1. The van der Waals surface area contributed by atoms with Crippen molar-refractivity contribution in [2.24, 2.45) is 0 Å². The number of benzene rings is 2. The molecule has 31 heavy (non-hydrogen) atoms. The van der Waals surface area contributed by atoms with Gasteiger partial charge in [0.2, 0.25) is 10.0 Å². The fourth-order valence-electron chi connectivity index (χ4n) is 3.26. The van der Waals surface area contributed by atoms with Gasteiger partial charge in [0.1, 0.15) is 16.5 Å². The van der Waals surface area contributed by atoms with Gasteiger partial charge in [-0.3, -0.25) is 9.59 Å². The summed E-state index contributed by atoms with van der Waals surface area (Å²) in [6.07, 6.45) is 0. The lowest BCUT2D eigenvalue weighted by atomic mass is 10.1. The number of ether oxygens (including phenoxy) is 1. The average molecular weight is 470 g/mol. The van der Waals surface area contributed by atoms with Gasteiger partial charge in [0, 0.05) is 31.7 Å². The second kappa shape index (κ2) is 9.21. The molecule has 166 valence electrons. The maximum atomic E-state index is 13.2. The summed E-state index contributed by atoms with van der Waals surface area (Å²) in [5, 5.41) is 0.0278. The number of carbonyl (C=O) groups excluding carboxylic acids is 2. The van der Waals surface area contributed by atoms with Crippen molar-refractivity contribution in [1.29, 1.82) is 0 Å². The van der Waals surface area contributed by atoms with Crippen molar-refractivity contribution in [2.75, 3.05) is 40.3 Å². The third-order valence-corrected chi connectivity index (χ3v) is 6.73. The van der Waals surface area contributed by atoms with E-state index < -0.39 is 15.8 Å². The van der Waals surface area contributed by atoms with Gasteiger partial charge in [0.25, 0.3) is 11.8 Å². The monoisotopic (exact) mass is 469 g/mol. The number of amides is 2. The van der Waals surface area contributed by atoms with Crippen molar-refractivity contribution in [1.82, 2.24) is 14.5 Å². The van der Waals surface area contributed by atoms with E-state index in [1.165, 1.54) is 54.3 Å². The van der Waals surface area contributed by atoms with Crippen LogP contribution in [0.25, 0.3) is 0 Å². The van der Waals surface area contributed by atoms with Crippen molar-refractivity contribution in [3.63, 3.8) is 0 Å². The average Bonchev–Trinajstić information content (AvgIpc) is 2.78. The van der Waals surface area contributed by atoms with E-state index in [-0.39, 0.29) is 64.8 Å². The zero-order valence-corrected chi connectivity index (χ0v) is 18.5. The Balaban J connectivity index is 1.73. The molecule has 1 saturated heterocycles. The summed E-state index contributed by atoms with van der Waals surface area (Å²) >= 11 is 5.97. The number of hydrogen-bond donors (Lipinski definition) is 1. The molecule has 0 aromatic heterocycles. The normalized spacial score (nSPS) is 14.5. The second-order valence-electron chi connectivity index (χ2n) is 6.78. The Kier molecular flexibility index (Phi) is 6.83. The van der Waals surface area contributed by atoms with Crippen LogP contribution in [0.4, 0.5) is 4.39 Å². The van der Waals surface area contributed by atoms with E-state index >= 15 is 0 Å². The molecule has 2 aromatic carbocycles. The summed E-state index contributed by atoms with van der Waals surface area (Å²) < 4.78 is 45.0. The lowest BCUT2D eigenvalue weighted by Gasteiger charge is -2.35. The molecule has 0 spiro atoms. The fraction of sp³-hybridized carbons (Fsp3) is 0.300. The zero-order chi connectivity index (χ0) is 22.8. The number of sulfonamides is 1. The molecule has 0 bridgehead atoms. The molecule has 8 nitrogen and oxygen atoms in total. The van der Waals surface area contributed by atoms with Gasteiger partial charge in [0.05, 0.1) is 17.7 Å². The Bertz CT molecular complexity index is 1120. The summed E-state index contributed by atoms with van der Waals surface area (Å²) in [6, 6.07) is 7.76. The first-order chi connectivity index (χ1) is 14.7. The van der Waals surface area contributed by atoms with E-state index in [4.69, 9.17) is 16.3 Å². The van der Waals surface area contributed by atoms with Crippen LogP contribution in [0, 0.1) is 5.82 Å². The number of rotatable bonds is 5. The van der Waals surface area contributed by atoms with Crippen molar-refractivity contribution >= 4 is 33.4 Å². The third kappa shape index (κ3) is 4.81.